The van der Waals surface area contributed by atoms with Gasteiger partial charge in [-0.1, -0.05) is 35.0 Å². The van der Waals surface area contributed by atoms with Gasteiger partial charge < -0.3 is 5.32 Å². The number of hydrogen-bond acceptors (Lipinski definition) is 1. The predicted octanol–water partition coefficient (Wildman–Crippen LogP) is 3.38. The van der Waals surface area contributed by atoms with E-state index in [1.807, 2.05) is 0 Å². The van der Waals surface area contributed by atoms with E-state index in [4.69, 9.17) is 0 Å². The van der Waals surface area contributed by atoms with Gasteiger partial charge in [0.15, 0.2) is 0 Å². The third kappa shape index (κ3) is 3.05. The fourth-order valence-corrected chi connectivity index (χ4v) is 2.57. The first-order chi connectivity index (χ1) is 7.18. The average Bonchev–Trinajstić information content (AvgIpc) is 2.22. The molecule has 1 aromatic rings. The van der Waals surface area contributed by atoms with Crippen LogP contribution < -0.4 is 5.32 Å². The minimum Gasteiger partial charge on any atom is -0.317 e. The second-order valence-electron chi connectivity index (χ2n) is 4.86. The summed E-state index contributed by atoms with van der Waals surface area (Å²) < 4.78 is 1.17. The van der Waals surface area contributed by atoms with E-state index < -0.39 is 0 Å². The summed E-state index contributed by atoms with van der Waals surface area (Å²) in [5.41, 5.74) is 1.96. The van der Waals surface area contributed by atoms with Crippen LogP contribution in [0.3, 0.4) is 0 Å². The van der Waals surface area contributed by atoms with Gasteiger partial charge in [0.2, 0.25) is 0 Å². The molecule has 1 aliphatic rings. The highest BCUT2D eigenvalue weighted by atomic mass is 79.9. The Hall–Kier alpha value is -0.340. The number of nitrogens with one attached hydrogen (secondary N) is 1. The van der Waals surface area contributed by atoms with Crippen molar-refractivity contribution in [2.45, 2.75) is 26.2 Å². The highest BCUT2D eigenvalue weighted by molar-refractivity contribution is 9.10. The van der Waals surface area contributed by atoms with E-state index in [1.54, 1.807) is 0 Å². The first kappa shape index (κ1) is 11.2. The molecule has 0 atom stereocenters. The summed E-state index contributed by atoms with van der Waals surface area (Å²) in [6.45, 7) is 4.76. The normalized spacial score (nSPS) is 20.1. The second-order valence-corrected chi connectivity index (χ2v) is 5.78. The van der Waals surface area contributed by atoms with Crippen molar-refractivity contribution in [3.63, 3.8) is 0 Å². The van der Waals surface area contributed by atoms with E-state index in [9.17, 15) is 0 Å². The van der Waals surface area contributed by atoms with Crippen LogP contribution in [0.2, 0.25) is 0 Å². The lowest BCUT2D eigenvalue weighted by atomic mass is 9.76. The number of piperidine rings is 1. The van der Waals surface area contributed by atoms with E-state index in [1.165, 1.54) is 42.4 Å². The number of benzene rings is 1. The Morgan fingerprint density at radius 3 is 2.40 bits per heavy atom. The second kappa shape index (κ2) is 4.67. The molecule has 1 saturated heterocycles. The fraction of sp³-hybridized carbons (Fsp3) is 0.538. The van der Waals surface area contributed by atoms with Gasteiger partial charge in [-0.2, -0.15) is 0 Å². The predicted molar refractivity (Wildman–Crippen MR) is 68.1 cm³/mol. The lowest BCUT2D eigenvalue weighted by molar-refractivity contribution is 0.228. The van der Waals surface area contributed by atoms with E-state index >= 15 is 0 Å². The Labute approximate surface area is 100 Å². The van der Waals surface area contributed by atoms with Crippen molar-refractivity contribution in [2.75, 3.05) is 13.1 Å². The summed E-state index contributed by atoms with van der Waals surface area (Å²) in [7, 11) is 0. The Kier molecular flexibility index (Phi) is 3.47. The number of rotatable bonds is 2. The van der Waals surface area contributed by atoms with Gasteiger partial charge in [-0.3, -0.25) is 0 Å². The minimum absolute atomic E-state index is 0.499. The van der Waals surface area contributed by atoms with Crippen molar-refractivity contribution >= 4 is 15.9 Å². The average molecular weight is 268 g/mol. The van der Waals surface area contributed by atoms with Gasteiger partial charge in [-0.15, -0.1) is 0 Å². The van der Waals surface area contributed by atoms with E-state index in [0.29, 0.717) is 5.41 Å². The van der Waals surface area contributed by atoms with Gasteiger partial charge in [0.1, 0.15) is 0 Å². The highest BCUT2D eigenvalue weighted by Gasteiger charge is 2.26. The largest absolute Gasteiger partial charge is 0.317 e. The smallest absolute Gasteiger partial charge is 0.0175 e. The molecule has 1 aliphatic heterocycles. The molecular weight excluding hydrogens is 250 g/mol. The lowest BCUT2D eigenvalue weighted by Gasteiger charge is -2.34. The van der Waals surface area contributed by atoms with Gasteiger partial charge >= 0.3 is 0 Å². The van der Waals surface area contributed by atoms with Crippen LogP contribution in [0.1, 0.15) is 25.3 Å². The quantitative estimate of drug-likeness (QED) is 0.867. The van der Waals surface area contributed by atoms with Crippen LogP contribution in [0.15, 0.2) is 28.7 Å². The molecule has 0 spiro atoms. The molecule has 0 aliphatic carbocycles. The van der Waals surface area contributed by atoms with E-state index in [-0.39, 0.29) is 0 Å². The van der Waals surface area contributed by atoms with E-state index in [0.717, 1.165) is 0 Å². The van der Waals surface area contributed by atoms with Crippen LogP contribution in [0.5, 0.6) is 0 Å². The third-order valence-electron chi connectivity index (χ3n) is 3.35. The molecule has 1 nitrogen and oxygen atoms in total. The number of halogens is 1. The van der Waals surface area contributed by atoms with Gasteiger partial charge in [0, 0.05) is 4.47 Å². The van der Waals surface area contributed by atoms with Crippen LogP contribution >= 0.6 is 15.9 Å². The summed E-state index contributed by atoms with van der Waals surface area (Å²) in [6, 6.07) is 8.74. The molecule has 15 heavy (non-hydrogen) atoms. The Morgan fingerprint density at radius 2 is 1.80 bits per heavy atom. The lowest BCUT2D eigenvalue weighted by Crippen LogP contribution is -2.36. The van der Waals surface area contributed by atoms with Crippen LogP contribution in [0.25, 0.3) is 0 Å². The molecule has 82 valence electrons. The van der Waals surface area contributed by atoms with Gasteiger partial charge in [0.25, 0.3) is 0 Å². The number of hydrogen-bond donors (Lipinski definition) is 1. The zero-order valence-electron chi connectivity index (χ0n) is 9.22. The monoisotopic (exact) mass is 267 g/mol. The van der Waals surface area contributed by atoms with Crippen molar-refractivity contribution in [1.82, 2.24) is 5.32 Å². The molecule has 1 aromatic carbocycles. The first-order valence-corrected chi connectivity index (χ1v) is 6.42. The molecule has 0 aromatic heterocycles. The summed E-state index contributed by atoms with van der Waals surface area (Å²) in [6.07, 6.45) is 3.80. The van der Waals surface area contributed by atoms with Crippen molar-refractivity contribution in [3.05, 3.63) is 34.3 Å². The summed E-state index contributed by atoms with van der Waals surface area (Å²) in [5.74, 6) is 0. The Morgan fingerprint density at radius 1 is 1.20 bits per heavy atom. The molecule has 1 N–H and O–H groups in total. The maximum absolute atomic E-state index is 3.47. The maximum atomic E-state index is 3.47. The Balaban J connectivity index is 2.03. The van der Waals surface area contributed by atoms with Gasteiger partial charge in [-0.05, 0) is 55.5 Å². The third-order valence-corrected chi connectivity index (χ3v) is 3.88. The molecule has 2 heteroatoms. The first-order valence-electron chi connectivity index (χ1n) is 5.63. The fourth-order valence-electron chi connectivity index (χ4n) is 2.30. The SMILES string of the molecule is CC1(Cc2ccc(Br)cc2)CCNCC1. The standard InChI is InChI=1S/C13H18BrN/c1-13(6-8-15-9-7-13)10-11-2-4-12(14)5-3-11/h2-5,15H,6-10H2,1H3. The van der Waals surface area contributed by atoms with Crippen molar-refractivity contribution in [2.24, 2.45) is 5.41 Å². The zero-order chi connectivity index (χ0) is 10.7. The minimum atomic E-state index is 0.499. The maximum Gasteiger partial charge on any atom is 0.0175 e. The van der Waals surface area contributed by atoms with Gasteiger partial charge in [0.05, 0.1) is 0 Å². The van der Waals surface area contributed by atoms with Crippen LogP contribution in [0.4, 0.5) is 0 Å². The molecule has 1 heterocycles. The summed E-state index contributed by atoms with van der Waals surface area (Å²) in [5, 5.41) is 3.43. The molecule has 0 unspecified atom stereocenters. The zero-order valence-corrected chi connectivity index (χ0v) is 10.8. The van der Waals surface area contributed by atoms with Crippen molar-refractivity contribution < 1.29 is 0 Å². The van der Waals surface area contributed by atoms with Gasteiger partial charge in [-0.25, -0.2) is 0 Å². The highest BCUT2D eigenvalue weighted by Crippen LogP contribution is 2.32. The molecule has 0 amide bonds. The Bertz CT molecular complexity index is 312. The topological polar surface area (TPSA) is 12.0 Å². The molecule has 0 bridgehead atoms. The van der Waals surface area contributed by atoms with Crippen molar-refractivity contribution in [1.29, 1.82) is 0 Å². The van der Waals surface area contributed by atoms with Crippen LogP contribution in [-0.4, -0.2) is 13.1 Å². The molecule has 2 rings (SSSR count). The summed E-state index contributed by atoms with van der Waals surface area (Å²) >= 11 is 3.47. The molecular formula is C13H18BrN. The summed E-state index contributed by atoms with van der Waals surface area (Å²) in [4.78, 5) is 0. The van der Waals surface area contributed by atoms with Crippen LogP contribution in [-0.2, 0) is 6.42 Å². The van der Waals surface area contributed by atoms with Crippen LogP contribution in [0, 0.1) is 5.41 Å². The van der Waals surface area contributed by atoms with Crippen molar-refractivity contribution in [3.8, 4) is 0 Å². The van der Waals surface area contributed by atoms with E-state index in [2.05, 4.69) is 52.4 Å². The molecule has 0 saturated carbocycles. The molecule has 1 fully saturated rings. The molecule has 0 radical (unpaired) electrons.